The lowest BCUT2D eigenvalue weighted by atomic mass is 10.2. The van der Waals surface area contributed by atoms with Crippen LogP contribution in [0.25, 0.3) is 6.08 Å². The summed E-state index contributed by atoms with van der Waals surface area (Å²) in [6, 6.07) is 2.23. The van der Waals surface area contributed by atoms with Crippen molar-refractivity contribution in [1.29, 1.82) is 0 Å². The molecule has 1 aromatic carbocycles. The first kappa shape index (κ1) is 18.0. The molecule has 0 aromatic heterocycles. The number of hydrogen-bond donors (Lipinski definition) is 1. The maximum Gasteiger partial charge on any atom is 0.328 e. The Hall–Kier alpha value is -1.32. The minimum atomic E-state index is -0.989. The predicted molar refractivity (Wildman–Crippen MR) is 92.8 cm³/mol. The van der Waals surface area contributed by atoms with Gasteiger partial charge in [0.05, 0.1) is 21.0 Å². The standard InChI is InChI=1S/C14H11Br2NO5S/c1-6(13(20)22-2)17-12(19)10(23-14(17)21)5-7-3-8(15)11(18)9(16)4-7/h3-6,18H,1-2H3. The summed E-state index contributed by atoms with van der Waals surface area (Å²) in [7, 11) is 1.19. The fourth-order valence-corrected chi connectivity index (χ4v) is 4.04. The molecule has 0 saturated carbocycles. The van der Waals surface area contributed by atoms with Crippen molar-refractivity contribution < 1.29 is 24.2 Å². The largest absolute Gasteiger partial charge is 0.506 e. The number of methoxy groups -OCH3 is 1. The maximum atomic E-state index is 12.4. The first-order valence-corrected chi connectivity index (χ1v) is 8.69. The minimum absolute atomic E-state index is 0.0366. The van der Waals surface area contributed by atoms with Gasteiger partial charge in [0.25, 0.3) is 11.1 Å². The van der Waals surface area contributed by atoms with Crippen LogP contribution in [0.3, 0.4) is 0 Å². The first-order chi connectivity index (χ1) is 10.8. The molecule has 0 radical (unpaired) electrons. The number of amides is 2. The van der Waals surface area contributed by atoms with Gasteiger partial charge in [-0.3, -0.25) is 14.5 Å². The van der Waals surface area contributed by atoms with Crippen molar-refractivity contribution in [2.75, 3.05) is 7.11 Å². The van der Waals surface area contributed by atoms with Crippen LogP contribution in [-0.2, 0) is 14.3 Å². The number of carbonyl (C=O) groups is 3. The second-order valence-electron chi connectivity index (χ2n) is 4.58. The summed E-state index contributed by atoms with van der Waals surface area (Å²) in [5, 5.41) is 9.16. The molecule has 1 aliphatic heterocycles. The molecule has 1 saturated heterocycles. The van der Waals surface area contributed by atoms with Gasteiger partial charge in [-0.2, -0.15) is 0 Å². The van der Waals surface area contributed by atoms with Crippen LogP contribution in [0, 0.1) is 0 Å². The minimum Gasteiger partial charge on any atom is -0.506 e. The highest BCUT2D eigenvalue weighted by molar-refractivity contribution is 9.11. The summed E-state index contributed by atoms with van der Waals surface area (Å²) >= 11 is 7.14. The van der Waals surface area contributed by atoms with Crippen molar-refractivity contribution in [3.05, 3.63) is 31.5 Å². The van der Waals surface area contributed by atoms with Gasteiger partial charge in [-0.05, 0) is 74.3 Å². The number of esters is 1. The number of thioether (sulfide) groups is 1. The van der Waals surface area contributed by atoms with E-state index in [2.05, 4.69) is 36.6 Å². The Balaban J connectivity index is 2.34. The lowest BCUT2D eigenvalue weighted by molar-refractivity contribution is -0.148. The number of phenols is 1. The molecule has 1 atom stereocenters. The summed E-state index contributed by atoms with van der Waals surface area (Å²) in [5.74, 6) is -1.18. The molecule has 2 rings (SSSR count). The van der Waals surface area contributed by atoms with Gasteiger partial charge in [0.1, 0.15) is 11.8 Å². The zero-order valence-corrected chi connectivity index (χ0v) is 16.0. The van der Waals surface area contributed by atoms with E-state index in [1.807, 2.05) is 0 Å². The van der Waals surface area contributed by atoms with Crippen LogP contribution in [0.2, 0.25) is 0 Å². The van der Waals surface area contributed by atoms with E-state index in [1.54, 1.807) is 12.1 Å². The zero-order chi connectivity index (χ0) is 17.3. The fraction of sp³-hybridized carbons (Fsp3) is 0.214. The van der Waals surface area contributed by atoms with Crippen molar-refractivity contribution in [2.24, 2.45) is 0 Å². The molecule has 1 fully saturated rings. The van der Waals surface area contributed by atoms with Crippen molar-refractivity contribution in [2.45, 2.75) is 13.0 Å². The van der Waals surface area contributed by atoms with E-state index in [0.29, 0.717) is 14.5 Å². The number of benzene rings is 1. The molecule has 1 unspecified atom stereocenters. The Morgan fingerprint density at radius 2 is 1.91 bits per heavy atom. The summed E-state index contributed by atoms with van der Waals surface area (Å²) in [6.45, 7) is 1.43. The Morgan fingerprint density at radius 3 is 2.43 bits per heavy atom. The van der Waals surface area contributed by atoms with Gasteiger partial charge in [-0.15, -0.1) is 0 Å². The van der Waals surface area contributed by atoms with Gasteiger partial charge in [-0.1, -0.05) is 0 Å². The number of nitrogens with zero attached hydrogens (tertiary/aromatic N) is 1. The molecule has 0 bridgehead atoms. The van der Waals surface area contributed by atoms with E-state index in [1.165, 1.54) is 20.1 Å². The van der Waals surface area contributed by atoms with E-state index in [-0.39, 0.29) is 10.7 Å². The molecule has 9 heteroatoms. The van der Waals surface area contributed by atoms with E-state index in [0.717, 1.165) is 16.7 Å². The van der Waals surface area contributed by atoms with Gasteiger partial charge < -0.3 is 9.84 Å². The molecule has 0 aliphatic carbocycles. The lowest BCUT2D eigenvalue weighted by Crippen LogP contribution is -2.42. The quantitative estimate of drug-likeness (QED) is 0.544. The average molecular weight is 465 g/mol. The molecule has 23 heavy (non-hydrogen) atoms. The topological polar surface area (TPSA) is 83.9 Å². The molecule has 0 spiro atoms. The Morgan fingerprint density at radius 1 is 1.35 bits per heavy atom. The Labute approximate surface area is 153 Å². The zero-order valence-electron chi connectivity index (χ0n) is 12.0. The van der Waals surface area contributed by atoms with Crippen LogP contribution in [0.4, 0.5) is 4.79 Å². The molecule has 1 aromatic rings. The summed E-state index contributed by atoms with van der Waals surface area (Å²) in [6.07, 6.45) is 1.52. The molecule has 1 heterocycles. The summed E-state index contributed by atoms with van der Waals surface area (Å²) in [4.78, 5) is 37.0. The monoisotopic (exact) mass is 463 g/mol. The molecule has 6 nitrogen and oxygen atoms in total. The fourth-order valence-electron chi connectivity index (χ4n) is 1.91. The molecular weight excluding hydrogens is 454 g/mol. The molecule has 1 N–H and O–H groups in total. The number of ether oxygens (including phenoxy) is 1. The van der Waals surface area contributed by atoms with Crippen LogP contribution in [-0.4, -0.2) is 40.3 Å². The van der Waals surface area contributed by atoms with E-state index in [4.69, 9.17) is 0 Å². The van der Waals surface area contributed by atoms with E-state index >= 15 is 0 Å². The van der Waals surface area contributed by atoms with Gasteiger partial charge >= 0.3 is 5.97 Å². The number of rotatable bonds is 3. The smallest absolute Gasteiger partial charge is 0.328 e. The number of phenolic OH excluding ortho intramolecular Hbond substituents is 1. The second kappa shape index (κ2) is 7.06. The number of carbonyl (C=O) groups excluding carboxylic acids is 3. The maximum absolute atomic E-state index is 12.4. The van der Waals surface area contributed by atoms with E-state index < -0.39 is 23.2 Å². The molecule has 1 aliphatic rings. The predicted octanol–water partition coefficient (Wildman–Crippen LogP) is 3.52. The van der Waals surface area contributed by atoms with Crippen LogP contribution < -0.4 is 0 Å². The van der Waals surface area contributed by atoms with Crippen LogP contribution in [0.5, 0.6) is 5.75 Å². The third-order valence-electron chi connectivity index (χ3n) is 3.09. The van der Waals surface area contributed by atoms with E-state index in [9.17, 15) is 19.5 Å². The average Bonchev–Trinajstić information content (AvgIpc) is 2.77. The number of hydrogen-bond acceptors (Lipinski definition) is 6. The first-order valence-electron chi connectivity index (χ1n) is 6.29. The van der Waals surface area contributed by atoms with Crippen LogP contribution >= 0.6 is 43.6 Å². The highest BCUT2D eigenvalue weighted by Gasteiger charge is 2.41. The molecule has 2 amide bonds. The van der Waals surface area contributed by atoms with Gasteiger partial charge in [0, 0.05) is 0 Å². The summed E-state index contributed by atoms with van der Waals surface area (Å²) in [5.41, 5.74) is 0.609. The normalized spacial score (nSPS) is 17.7. The number of imide groups is 1. The second-order valence-corrected chi connectivity index (χ2v) is 7.29. The lowest BCUT2D eigenvalue weighted by Gasteiger charge is -2.18. The third kappa shape index (κ3) is 3.61. The van der Waals surface area contributed by atoms with Crippen LogP contribution in [0.15, 0.2) is 26.0 Å². The van der Waals surface area contributed by atoms with Crippen molar-refractivity contribution >= 4 is 66.8 Å². The Kier molecular flexibility index (Phi) is 5.53. The third-order valence-corrected chi connectivity index (χ3v) is 5.18. The summed E-state index contributed by atoms with van der Waals surface area (Å²) < 4.78 is 5.45. The Bertz CT molecular complexity index is 711. The van der Waals surface area contributed by atoms with Gasteiger partial charge in [0.15, 0.2) is 0 Å². The van der Waals surface area contributed by atoms with Gasteiger partial charge in [-0.25, -0.2) is 4.79 Å². The van der Waals surface area contributed by atoms with Crippen molar-refractivity contribution in [3.8, 4) is 5.75 Å². The number of halogens is 2. The molecule has 122 valence electrons. The van der Waals surface area contributed by atoms with Crippen molar-refractivity contribution in [3.63, 3.8) is 0 Å². The molecular formula is C14H11Br2NO5S. The highest BCUT2D eigenvalue weighted by Crippen LogP contribution is 2.37. The SMILES string of the molecule is COC(=O)C(C)N1C(=O)SC(=Cc2cc(Br)c(O)c(Br)c2)C1=O. The highest BCUT2D eigenvalue weighted by atomic mass is 79.9. The number of aromatic hydroxyl groups is 1. The van der Waals surface area contributed by atoms with Crippen LogP contribution in [0.1, 0.15) is 12.5 Å². The van der Waals surface area contributed by atoms with Gasteiger partial charge in [0.2, 0.25) is 0 Å². The van der Waals surface area contributed by atoms with Crippen molar-refractivity contribution in [1.82, 2.24) is 4.90 Å².